The number of nitrogen functional groups attached to an aromatic ring is 1. The van der Waals surface area contributed by atoms with E-state index in [1.54, 1.807) is 11.8 Å². The highest BCUT2D eigenvalue weighted by atomic mass is 32.2. The molecule has 2 aromatic rings. The molecule has 0 unspecified atom stereocenters. The van der Waals surface area contributed by atoms with E-state index in [0.29, 0.717) is 28.1 Å². The Balaban J connectivity index is 2.37. The van der Waals surface area contributed by atoms with Crippen molar-refractivity contribution in [3.05, 3.63) is 46.6 Å². The fraction of sp³-hybridized carbons (Fsp3) is 0.353. The number of nitriles is 1. The Hall–Kier alpha value is -2.06. The van der Waals surface area contributed by atoms with E-state index in [0.717, 1.165) is 12.0 Å². The Morgan fingerprint density at radius 1 is 1.36 bits per heavy atom. The van der Waals surface area contributed by atoms with Crippen LogP contribution in [-0.2, 0) is 6.42 Å². The highest BCUT2D eigenvalue weighted by Crippen LogP contribution is 2.25. The number of nitrogens with two attached hydrogens (primary N) is 1. The van der Waals surface area contributed by atoms with Crippen molar-refractivity contribution in [3.8, 4) is 6.07 Å². The van der Waals surface area contributed by atoms with Crippen LogP contribution < -0.4 is 5.73 Å². The van der Waals surface area contributed by atoms with Gasteiger partial charge in [-0.2, -0.15) is 5.26 Å². The van der Waals surface area contributed by atoms with Gasteiger partial charge in [0.2, 0.25) is 0 Å². The summed E-state index contributed by atoms with van der Waals surface area (Å²) in [5.41, 5.74) is 9.34. The monoisotopic (exact) mass is 312 g/mol. The van der Waals surface area contributed by atoms with E-state index in [9.17, 15) is 5.26 Å². The van der Waals surface area contributed by atoms with Crippen LogP contribution in [0.3, 0.4) is 0 Å². The maximum absolute atomic E-state index is 9.33. The quantitative estimate of drug-likeness (QED) is 0.672. The van der Waals surface area contributed by atoms with Crippen LogP contribution in [0.5, 0.6) is 0 Å². The summed E-state index contributed by atoms with van der Waals surface area (Å²) in [6.45, 7) is 6.30. The van der Waals surface area contributed by atoms with Crippen LogP contribution in [-0.4, -0.2) is 15.2 Å². The zero-order valence-corrected chi connectivity index (χ0v) is 13.9. The molecule has 0 saturated heterocycles. The number of nitrogens with zero attached hydrogens (tertiary/aromatic N) is 3. The van der Waals surface area contributed by atoms with Crippen LogP contribution >= 0.6 is 11.8 Å². The maximum Gasteiger partial charge on any atom is 0.190 e. The number of anilines is 1. The van der Waals surface area contributed by atoms with Crippen LogP contribution in [0.1, 0.15) is 42.7 Å². The molecule has 0 radical (unpaired) electrons. The van der Waals surface area contributed by atoms with Crippen LogP contribution in [0.25, 0.3) is 0 Å². The van der Waals surface area contributed by atoms with Crippen molar-refractivity contribution >= 4 is 17.6 Å². The summed E-state index contributed by atoms with van der Waals surface area (Å²) < 4.78 is 0. The third-order valence-electron chi connectivity index (χ3n) is 3.44. The van der Waals surface area contributed by atoms with E-state index < -0.39 is 0 Å². The number of aryl methyl sites for hydroxylation is 1. The molecule has 0 aliphatic heterocycles. The Labute approximate surface area is 135 Å². The van der Waals surface area contributed by atoms with Crippen LogP contribution in [0.15, 0.2) is 29.4 Å². The Kier molecular flexibility index (Phi) is 5.40. The van der Waals surface area contributed by atoms with Gasteiger partial charge in [0, 0.05) is 11.7 Å². The third-order valence-corrected chi connectivity index (χ3v) is 4.57. The molecule has 4 nitrogen and oxygen atoms in total. The lowest BCUT2D eigenvalue weighted by Crippen LogP contribution is -2.07. The highest BCUT2D eigenvalue weighted by molar-refractivity contribution is 7.99. The van der Waals surface area contributed by atoms with Crippen molar-refractivity contribution in [3.63, 3.8) is 0 Å². The molecule has 0 amide bonds. The molecule has 1 aromatic heterocycles. The van der Waals surface area contributed by atoms with Crippen molar-refractivity contribution in [2.45, 2.75) is 44.0 Å². The molecular formula is C17H20N4S. The van der Waals surface area contributed by atoms with Crippen molar-refractivity contribution in [1.82, 2.24) is 9.97 Å². The molecule has 0 aliphatic carbocycles. The first kappa shape index (κ1) is 16.3. The smallest absolute Gasteiger partial charge is 0.190 e. The van der Waals surface area contributed by atoms with Gasteiger partial charge >= 0.3 is 0 Å². The molecule has 0 fully saturated rings. The van der Waals surface area contributed by atoms with Gasteiger partial charge in [-0.05, 0) is 18.9 Å². The molecule has 1 aromatic carbocycles. The van der Waals surface area contributed by atoms with Gasteiger partial charge in [0.1, 0.15) is 17.5 Å². The minimum atomic E-state index is 0.269. The standard InChI is InChI=1S/C17H20N4S/c1-4-12(3)22-17-20-15(14(10-18)16(19)21-17)9-13-7-5-6-11(2)8-13/h5-8,12H,4,9H2,1-3H3,(H2,19,20,21)/t12-/m1/s1. The molecule has 0 saturated carbocycles. The minimum Gasteiger partial charge on any atom is -0.382 e. The van der Waals surface area contributed by atoms with Gasteiger partial charge in [0.15, 0.2) is 5.16 Å². The summed E-state index contributed by atoms with van der Waals surface area (Å²) in [5, 5.41) is 10.4. The zero-order chi connectivity index (χ0) is 16.1. The highest BCUT2D eigenvalue weighted by Gasteiger charge is 2.14. The summed E-state index contributed by atoms with van der Waals surface area (Å²) in [6.07, 6.45) is 1.62. The van der Waals surface area contributed by atoms with E-state index in [4.69, 9.17) is 5.73 Å². The lowest BCUT2D eigenvalue weighted by atomic mass is 10.0. The molecule has 2 N–H and O–H groups in total. The van der Waals surface area contributed by atoms with Crippen LogP contribution in [0.4, 0.5) is 5.82 Å². The lowest BCUT2D eigenvalue weighted by Gasteiger charge is -2.11. The Morgan fingerprint density at radius 3 is 2.77 bits per heavy atom. The van der Waals surface area contributed by atoms with E-state index in [2.05, 4.69) is 36.0 Å². The van der Waals surface area contributed by atoms with Gasteiger partial charge in [0.05, 0.1) is 5.69 Å². The lowest BCUT2D eigenvalue weighted by molar-refractivity contribution is 0.867. The van der Waals surface area contributed by atoms with Gasteiger partial charge < -0.3 is 5.73 Å². The summed E-state index contributed by atoms with van der Waals surface area (Å²) >= 11 is 1.59. The Morgan fingerprint density at radius 2 is 2.14 bits per heavy atom. The number of rotatable bonds is 5. The van der Waals surface area contributed by atoms with Crippen molar-refractivity contribution in [2.24, 2.45) is 0 Å². The maximum atomic E-state index is 9.33. The molecule has 114 valence electrons. The normalized spacial score (nSPS) is 11.9. The third kappa shape index (κ3) is 3.99. The van der Waals surface area contributed by atoms with Gasteiger partial charge in [-0.25, -0.2) is 9.97 Å². The second kappa shape index (κ2) is 7.28. The van der Waals surface area contributed by atoms with Gasteiger partial charge in [-0.15, -0.1) is 0 Å². The molecule has 2 rings (SSSR count). The average Bonchev–Trinajstić information content (AvgIpc) is 2.47. The van der Waals surface area contributed by atoms with Gasteiger partial charge in [-0.1, -0.05) is 55.4 Å². The summed E-state index contributed by atoms with van der Waals surface area (Å²) in [7, 11) is 0. The molecular weight excluding hydrogens is 292 g/mol. The molecule has 0 bridgehead atoms. The minimum absolute atomic E-state index is 0.269. The molecule has 0 spiro atoms. The van der Waals surface area contributed by atoms with E-state index in [-0.39, 0.29) is 5.82 Å². The van der Waals surface area contributed by atoms with E-state index in [1.165, 1.54) is 5.56 Å². The number of hydrogen-bond donors (Lipinski definition) is 1. The van der Waals surface area contributed by atoms with Crippen molar-refractivity contribution < 1.29 is 0 Å². The molecule has 1 heterocycles. The average molecular weight is 312 g/mol. The van der Waals surface area contributed by atoms with Crippen molar-refractivity contribution in [1.29, 1.82) is 5.26 Å². The SMILES string of the molecule is CC[C@@H](C)Sc1nc(N)c(C#N)c(Cc2cccc(C)c2)n1. The molecule has 1 atom stereocenters. The second-order valence-electron chi connectivity index (χ2n) is 5.33. The Bertz CT molecular complexity index is 706. The summed E-state index contributed by atoms with van der Waals surface area (Å²) in [6, 6.07) is 10.3. The molecule has 0 aliphatic rings. The van der Waals surface area contributed by atoms with E-state index >= 15 is 0 Å². The largest absolute Gasteiger partial charge is 0.382 e. The predicted octanol–water partition coefficient (Wildman–Crippen LogP) is 3.72. The predicted molar refractivity (Wildman–Crippen MR) is 90.8 cm³/mol. The second-order valence-corrected chi connectivity index (χ2v) is 6.73. The fourth-order valence-electron chi connectivity index (χ4n) is 2.08. The fourth-order valence-corrected chi connectivity index (χ4v) is 2.92. The summed E-state index contributed by atoms with van der Waals surface area (Å²) in [4.78, 5) is 8.83. The number of benzene rings is 1. The number of aromatic nitrogens is 2. The number of thioether (sulfide) groups is 1. The number of hydrogen-bond acceptors (Lipinski definition) is 5. The first-order valence-corrected chi connectivity index (χ1v) is 8.20. The first-order chi connectivity index (χ1) is 10.5. The van der Waals surface area contributed by atoms with Gasteiger partial charge in [-0.3, -0.25) is 0 Å². The van der Waals surface area contributed by atoms with Crippen LogP contribution in [0, 0.1) is 18.3 Å². The zero-order valence-electron chi connectivity index (χ0n) is 13.1. The first-order valence-electron chi connectivity index (χ1n) is 7.32. The molecule has 22 heavy (non-hydrogen) atoms. The van der Waals surface area contributed by atoms with E-state index in [1.807, 2.05) is 25.1 Å². The molecule has 5 heteroatoms. The van der Waals surface area contributed by atoms with Gasteiger partial charge in [0.25, 0.3) is 0 Å². The van der Waals surface area contributed by atoms with Crippen LogP contribution in [0.2, 0.25) is 0 Å². The topological polar surface area (TPSA) is 75.6 Å². The van der Waals surface area contributed by atoms with Crippen molar-refractivity contribution in [2.75, 3.05) is 5.73 Å². The summed E-state index contributed by atoms with van der Waals surface area (Å²) in [5.74, 6) is 0.269.